The summed E-state index contributed by atoms with van der Waals surface area (Å²) in [7, 11) is 0. The molecular formula is C11H21NO3. The van der Waals surface area contributed by atoms with Gasteiger partial charge < -0.3 is 14.8 Å². The molecule has 4 heteroatoms. The first-order valence-electron chi connectivity index (χ1n) is 5.83. The van der Waals surface area contributed by atoms with Gasteiger partial charge in [-0.25, -0.2) is 4.79 Å². The molecular weight excluding hydrogens is 194 g/mol. The van der Waals surface area contributed by atoms with Crippen LogP contribution in [-0.2, 0) is 14.3 Å². The van der Waals surface area contributed by atoms with E-state index in [2.05, 4.69) is 12.2 Å². The molecule has 88 valence electrons. The van der Waals surface area contributed by atoms with Gasteiger partial charge in [-0.15, -0.1) is 0 Å². The van der Waals surface area contributed by atoms with Crippen molar-refractivity contribution in [3.05, 3.63) is 0 Å². The predicted molar refractivity (Wildman–Crippen MR) is 57.7 cm³/mol. The summed E-state index contributed by atoms with van der Waals surface area (Å²) < 4.78 is 10.3. The Kier molecular flexibility index (Phi) is 6.36. The fourth-order valence-corrected chi connectivity index (χ4v) is 1.51. The highest BCUT2D eigenvalue weighted by Crippen LogP contribution is 2.12. The van der Waals surface area contributed by atoms with E-state index in [4.69, 9.17) is 9.47 Å². The highest BCUT2D eigenvalue weighted by Gasteiger charge is 2.24. The lowest BCUT2D eigenvalue weighted by Gasteiger charge is -2.09. The molecule has 1 aliphatic rings. The summed E-state index contributed by atoms with van der Waals surface area (Å²) >= 11 is 0. The quantitative estimate of drug-likeness (QED) is 0.510. The van der Waals surface area contributed by atoms with Crippen LogP contribution in [0.2, 0.25) is 0 Å². The van der Waals surface area contributed by atoms with Gasteiger partial charge in [0.25, 0.3) is 0 Å². The summed E-state index contributed by atoms with van der Waals surface area (Å²) in [5.74, 6) is -0.204. The number of ether oxygens (including phenoxy) is 2. The molecule has 0 aromatic heterocycles. The maximum atomic E-state index is 11.4. The topological polar surface area (TPSA) is 47.6 Å². The molecule has 0 bridgehead atoms. The first-order chi connectivity index (χ1) is 7.34. The molecule has 0 radical (unpaired) electrons. The van der Waals surface area contributed by atoms with E-state index in [9.17, 15) is 4.79 Å². The molecule has 0 aromatic rings. The lowest BCUT2D eigenvalue weighted by Crippen LogP contribution is -2.27. The van der Waals surface area contributed by atoms with E-state index in [0.717, 1.165) is 25.9 Å². The minimum absolute atomic E-state index is 0.204. The Morgan fingerprint density at radius 2 is 2.40 bits per heavy atom. The van der Waals surface area contributed by atoms with Crippen molar-refractivity contribution in [1.82, 2.24) is 5.32 Å². The molecule has 1 unspecified atom stereocenters. The molecule has 0 saturated carbocycles. The van der Waals surface area contributed by atoms with Gasteiger partial charge in [0.15, 0.2) is 6.10 Å². The second-order valence-corrected chi connectivity index (χ2v) is 3.77. The zero-order chi connectivity index (χ0) is 10.9. The Morgan fingerprint density at radius 1 is 1.53 bits per heavy atom. The van der Waals surface area contributed by atoms with Gasteiger partial charge in [0.2, 0.25) is 0 Å². The van der Waals surface area contributed by atoms with Gasteiger partial charge in [-0.2, -0.15) is 0 Å². The molecule has 1 rings (SSSR count). The molecule has 4 nitrogen and oxygen atoms in total. The van der Waals surface area contributed by atoms with Crippen molar-refractivity contribution in [1.29, 1.82) is 0 Å². The fourth-order valence-electron chi connectivity index (χ4n) is 1.51. The van der Waals surface area contributed by atoms with Gasteiger partial charge in [0.05, 0.1) is 0 Å². The van der Waals surface area contributed by atoms with Crippen molar-refractivity contribution >= 4 is 5.97 Å². The Bertz CT molecular complexity index is 179. The van der Waals surface area contributed by atoms with Crippen LogP contribution in [0, 0.1) is 0 Å². The Hall–Kier alpha value is -0.610. The lowest BCUT2D eigenvalue weighted by molar-refractivity contribution is -0.154. The number of carbonyl (C=O) groups is 1. The summed E-state index contributed by atoms with van der Waals surface area (Å²) in [5, 5.41) is 3.21. The molecule has 1 N–H and O–H groups in total. The molecule has 0 amide bonds. The highest BCUT2D eigenvalue weighted by atomic mass is 16.6. The number of nitrogens with one attached hydrogen (secondary N) is 1. The SMILES string of the molecule is CCCCNCCOC(=O)C1CCCO1. The van der Waals surface area contributed by atoms with Crippen LogP contribution in [0.3, 0.4) is 0 Å². The number of esters is 1. The molecule has 1 fully saturated rings. The fraction of sp³-hybridized carbons (Fsp3) is 0.909. The van der Waals surface area contributed by atoms with Gasteiger partial charge in [0, 0.05) is 13.2 Å². The third-order valence-corrected chi connectivity index (χ3v) is 2.42. The van der Waals surface area contributed by atoms with Crippen LogP contribution in [0.25, 0.3) is 0 Å². The van der Waals surface area contributed by atoms with Crippen molar-refractivity contribution < 1.29 is 14.3 Å². The zero-order valence-electron chi connectivity index (χ0n) is 9.46. The van der Waals surface area contributed by atoms with Crippen LogP contribution in [0.1, 0.15) is 32.6 Å². The molecule has 0 aliphatic carbocycles. The summed E-state index contributed by atoms with van der Waals surface area (Å²) in [6.45, 7) is 5.02. The van der Waals surface area contributed by atoms with E-state index in [1.54, 1.807) is 0 Å². The number of hydrogen-bond donors (Lipinski definition) is 1. The smallest absolute Gasteiger partial charge is 0.335 e. The third kappa shape index (κ3) is 5.14. The van der Waals surface area contributed by atoms with Gasteiger partial charge in [-0.3, -0.25) is 0 Å². The number of unbranched alkanes of at least 4 members (excludes halogenated alkanes) is 1. The summed E-state index contributed by atoms with van der Waals surface area (Å²) in [6.07, 6.45) is 3.82. The predicted octanol–water partition coefficient (Wildman–Crippen LogP) is 1.10. The zero-order valence-corrected chi connectivity index (χ0v) is 9.46. The molecule has 0 aromatic carbocycles. The van der Waals surface area contributed by atoms with Crippen LogP contribution >= 0.6 is 0 Å². The largest absolute Gasteiger partial charge is 0.462 e. The number of carbonyl (C=O) groups excluding carboxylic acids is 1. The lowest BCUT2D eigenvalue weighted by atomic mass is 10.2. The van der Waals surface area contributed by atoms with E-state index in [1.165, 1.54) is 12.8 Å². The molecule has 1 saturated heterocycles. The van der Waals surface area contributed by atoms with Crippen molar-refractivity contribution in [2.45, 2.75) is 38.7 Å². The van der Waals surface area contributed by atoms with Crippen LogP contribution in [0.5, 0.6) is 0 Å². The molecule has 15 heavy (non-hydrogen) atoms. The van der Waals surface area contributed by atoms with Crippen molar-refractivity contribution in [2.75, 3.05) is 26.3 Å². The van der Waals surface area contributed by atoms with Crippen molar-refractivity contribution in [2.24, 2.45) is 0 Å². The first-order valence-corrected chi connectivity index (χ1v) is 5.83. The van der Waals surface area contributed by atoms with Crippen LogP contribution in [-0.4, -0.2) is 38.4 Å². The van der Waals surface area contributed by atoms with E-state index in [-0.39, 0.29) is 12.1 Å². The van der Waals surface area contributed by atoms with Crippen molar-refractivity contribution in [3.8, 4) is 0 Å². The average Bonchev–Trinajstić information content (AvgIpc) is 2.76. The number of hydrogen-bond acceptors (Lipinski definition) is 4. The second-order valence-electron chi connectivity index (χ2n) is 3.77. The maximum absolute atomic E-state index is 11.4. The monoisotopic (exact) mass is 215 g/mol. The second kappa shape index (κ2) is 7.65. The molecule has 1 aliphatic heterocycles. The van der Waals surface area contributed by atoms with E-state index < -0.39 is 0 Å². The Balaban J connectivity index is 1.92. The highest BCUT2D eigenvalue weighted by molar-refractivity contribution is 5.74. The Morgan fingerprint density at radius 3 is 3.07 bits per heavy atom. The van der Waals surface area contributed by atoms with Gasteiger partial charge in [0.1, 0.15) is 6.61 Å². The van der Waals surface area contributed by atoms with E-state index in [0.29, 0.717) is 13.2 Å². The Labute approximate surface area is 91.3 Å². The van der Waals surface area contributed by atoms with Crippen LogP contribution in [0.15, 0.2) is 0 Å². The third-order valence-electron chi connectivity index (χ3n) is 2.42. The summed E-state index contributed by atoms with van der Waals surface area (Å²) in [4.78, 5) is 11.4. The van der Waals surface area contributed by atoms with Gasteiger partial charge >= 0.3 is 5.97 Å². The summed E-state index contributed by atoms with van der Waals surface area (Å²) in [6, 6.07) is 0. The van der Waals surface area contributed by atoms with E-state index in [1.807, 2.05) is 0 Å². The molecule has 0 spiro atoms. The van der Waals surface area contributed by atoms with Crippen LogP contribution < -0.4 is 5.32 Å². The minimum atomic E-state index is -0.305. The standard InChI is InChI=1S/C11H21NO3/c1-2-3-6-12-7-9-15-11(13)10-5-4-8-14-10/h10,12H,2-9H2,1H3. The van der Waals surface area contributed by atoms with Gasteiger partial charge in [-0.05, 0) is 25.8 Å². The first kappa shape index (κ1) is 12.5. The number of rotatable bonds is 7. The van der Waals surface area contributed by atoms with E-state index >= 15 is 0 Å². The maximum Gasteiger partial charge on any atom is 0.335 e. The minimum Gasteiger partial charge on any atom is -0.462 e. The van der Waals surface area contributed by atoms with Gasteiger partial charge in [-0.1, -0.05) is 13.3 Å². The molecule has 1 heterocycles. The summed E-state index contributed by atoms with van der Waals surface area (Å²) in [5.41, 5.74) is 0. The van der Waals surface area contributed by atoms with Crippen molar-refractivity contribution in [3.63, 3.8) is 0 Å². The molecule has 1 atom stereocenters. The normalized spacial score (nSPS) is 20.5. The average molecular weight is 215 g/mol. The van der Waals surface area contributed by atoms with Crippen LogP contribution in [0.4, 0.5) is 0 Å².